The zero-order chi connectivity index (χ0) is 23.4. The molecule has 0 saturated carbocycles. The van der Waals surface area contributed by atoms with Crippen LogP contribution in [0.5, 0.6) is 0 Å². The maximum atomic E-state index is 13.1. The van der Waals surface area contributed by atoms with Crippen molar-refractivity contribution < 1.29 is 13.2 Å². The summed E-state index contributed by atoms with van der Waals surface area (Å²) in [5.41, 5.74) is 2.68. The Morgan fingerprint density at radius 1 is 1.06 bits per heavy atom. The summed E-state index contributed by atoms with van der Waals surface area (Å²) in [6, 6.07) is 14.0. The number of anilines is 2. The topological polar surface area (TPSA) is 87.5 Å². The zero-order valence-electron chi connectivity index (χ0n) is 18.9. The number of nitrogens with one attached hydrogen (secondary N) is 1. The quantitative estimate of drug-likeness (QED) is 0.545. The number of carbonyl (C=O) groups excluding carboxylic acids is 1. The third-order valence-electron chi connectivity index (χ3n) is 5.90. The molecule has 4 rings (SSSR count). The first kappa shape index (κ1) is 23.0. The second-order valence-electron chi connectivity index (χ2n) is 7.91. The Bertz CT molecular complexity index is 1200. The standard InChI is InChI=1S/C24H29N5O3S/c1-3-28(4-2)33(31,32)21-12-13-23(27-15-5-6-16-27)22(18-21)26-24(30)19-8-10-20(11-9-19)29-17-7-14-25-29/h7-14,17-18H,3-6,15-16H2,1-2H3,(H,26,30). The van der Waals surface area contributed by atoms with Gasteiger partial charge in [-0.3, -0.25) is 4.79 Å². The molecule has 33 heavy (non-hydrogen) atoms. The number of rotatable bonds is 8. The van der Waals surface area contributed by atoms with Gasteiger partial charge in [0.15, 0.2) is 0 Å². The van der Waals surface area contributed by atoms with Crippen LogP contribution >= 0.6 is 0 Å². The molecule has 8 nitrogen and oxygen atoms in total. The van der Waals surface area contributed by atoms with Gasteiger partial charge in [0.05, 0.1) is 22.0 Å². The Labute approximate surface area is 194 Å². The van der Waals surface area contributed by atoms with Crippen molar-refractivity contribution >= 4 is 27.3 Å². The number of hydrogen-bond acceptors (Lipinski definition) is 5. The fourth-order valence-corrected chi connectivity index (χ4v) is 5.59. The van der Waals surface area contributed by atoms with Crippen LogP contribution in [0.15, 0.2) is 65.8 Å². The largest absolute Gasteiger partial charge is 0.370 e. The Balaban J connectivity index is 1.65. The van der Waals surface area contributed by atoms with Crippen LogP contribution in [0.2, 0.25) is 0 Å². The molecule has 2 aromatic carbocycles. The number of carbonyl (C=O) groups is 1. The molecule has 0 atom stereocenters. The highest BCUT2D eigenvalue weighted by Crippen LogP contribution is 2.32. The monoisotopic (exact) mass is 467 g/mol. The number of benzene rings is 2. The molecule has 9 heteroatoms. The molecule has 1 aliphatic heterocycles. The molecule has 1 aliphatic rings. The Morgan fingerprint density at radius 3 is 2.36 bits per heavy atom. The van der Waals surface area contributed by atoms with E-state index in [-0.39, 0.29) is 10.8 Å². The van der Waals surface area contributed by atoms with Crippen molar-refractivity contribution in [1.29, 1.82) is 0 Å². The lowest BCUT2D eigenvalue weighted by molar-refractivity contribution is 0.102. The predicted molar refractivity (Wildman–Crippen MR) is 130 cm³/mol. The molecule has 174 valence electrons. The predicted octanol–water partition coefficient (Wildman–Crippen LogP) is 3.76. The third-order valence-corrected chi connectivity index (χ3v) is 7.95. The molecule has 1 amide bonds. The van der Waals surface area contributed by atoms with Crippen molar-refractivity contribution in [3.8, 4) is 5.69 Å². The van der Waals surface area contributed by atoms with E-state index in [1.54, 1.807) is 41.2 Å². The second-order valence-corrected chi connectivity index (χ2v) is 9.85. The zero-order valence-corrected chi connectivity index (χ0v) is 19.8. The van der Waals surface area contributed by atoms with Gasteiger partial charge in [-0.25, -0.2) is 13.1 Å². The first-order chi connectivity index (χ1) is 15.9. The molecule has 1 aromatic heterocycles. The number of aromatic nitrogens is 2. The number of nitrogens with zero attached hydrogens (tertiary/aromatic N) is 4. The van der Waals surface area contributed by atoms with Gasteiger partial charge in [0.2, 0.25) is 10.0 Å². The van der Waals surface area contributed by atoms with E-state index in [9.17, 15) is 13.2 Å². The normalized spacial score (nSPS) is 14.1. The fourth-order valence-electron chi connectivity index (χ4n) is 4.10. The first-order valence-electron chi connectivity index (χ1n) is 11.2. The SMILES string of the molecule is CCN(CC)S(=O)(=O)c1ccc(N2CCCC2)c(NC(=O)c2ccc(-n3cccn3)cc2)c1. The van der Waals surface area contributed by atoms with E-state index in [2.05, 4.69) is 15.3 Å². The minimum atomic E-state index is -3.64. The summed E-state index contributed by atoms with van der Waals surface area (Å²) >= 11 is 0. The van der Waals surface area contributed by atoms with Crippen LogP contribution in [-0.4, -0.2) is 54.6 Å². The van der Waals surface area contributed by atoms with E-state index in [1.165, 1.54) is 4.31 Å². The van der Waals surface area contributed by atoms with E-state index in [0.29, 0.717) is 24.3 Å². The van der Waals surface area contributed by atoms with Crippen LogP contribution in [-0.2, 0) is 10.0 Å². The highest BCUT2D eigenvalue weighted by atomic mass is 32.2. The molecule has 0 spiro atoms. The molecule has 0 radical (unpaired) electrons. The van der Waals surface area contributed by atoms with E-state index >= 15 is 0 Å². The van der Waals surface area contributed by atoms with E-state index in [4.69, 9.17) is 0 Å². The lowest BCUT2D eigenvalue weighted by Crippen LogP contribution is -2.31. The molecule has 1 N–H and O–H groups in total. The summed E-state index contributed by atoms with van der Waals surface area (Å²) in [5, 5.41) is 7.15. The summed E-state index contributed by atoms with van der Waals surface area (Å²) in [6.07, 6.45) is 5.67. The third kappa shape index (κ3) is 4.79. The maximum absolute atomic E-state index is 13.1. The fraction of sp³-hybridized carbons (Fsp3) is 0.333. The lowest BCUT2D eigenvalue weighted by Gasteiger charge is -2.24. The Hall–Kier alpha value is -3.17. The van der Waals surface area contributed by atoms with Gasteiger partial charge in [-0.05, 0) is 61.4 Å². The summed E-state index contributed by atoms with van der Waals surface area (Å²) < 4.78 is 29.3. The van der Waals surface area contributed by atoms with Gasteiger partial charge in [0, 0.05) is 44.1 Å². The van der Waals surface area contributed by atoms with Gasteiger partial charge in [-0.1, -0.05) is 13.8 Å². The number of hydrogen-bond donors (Lipinski definition) is 1. The second kappa shape index (κ2) is 9.76. The van der Waals surface area contributed by atoms with Crippen LogP contribution in [0.25, 0.3) is 5.69 Å². The van der Waals surface area contributed by atoms with E-state index in [1.807, 2.05) is 38.2 Å². The van der Waals surface area contributed by atoms with Crippen molar-refractivity contribution in [2.75, 3.05) is 36.4 Å². The molecule has 0 aliphatic carbocycles. The summed E-state index contributed by atoms with van der Waals surface area (Å²) in [5.74, 6) is -0.292. The number of sulfonamides is 1. The molecule has 3 aromatic rings. The van der Waals surface area contributed by atoms with Crippen molar-refractivity contribution in [2.24, 2.45) is 0 Å². The van der Waals surface area contributed by atoms with Crippen molar-refractivity contribution in [2.45, 2.75) is 31.6 Å². The first-order valence-corrected chi connectivity index (χ1v) is 12.7. The molecular weight excluding hydrogens is 438 g/mol. The minimum Gasteiger partial charge on any atom is -0.370 e. The minimum absolute atomic E-state index is 0.179. The molecular formula is C24H29N5O3S. The van der Waals surface area contributed by atoms with Crippen LogP contribution in [0, 0.1) is 0 Å². The van der Waals surface area contributed by atoms with E-state index in [0.717, 1.165) is 37.3 Å². The molecule has 2 heterocycles. The van der Waals surface area contributed by atoms with Crippen molar-refractivity contribution in [3.63, 3.8) is 0 Å². The number of amides is 1. The highest BCUT2D eigenvalue weighted by molar-refractivity contribution is 7.89. The van der Waals surface area contributed by atoms with Gasteiger partial charge in [-0.2, -0.15) is 9.40 Å². The maximum Gasteiger partial charge on any atom is 0.255 e. The lowest BCUT2D eigenvalue weighted by atomic mass is 10.1. The summed E-state index contributed by atoms with van der Waals surface area (Å²) in [6.45, 7) is 6.16. The molecule has 1 saturated heterocycles. The van der Waals surface area contributed by atoms with E-state index < -0.39 is 10.0 Å². The van der Waals surface area contributed by atoms with Gasteiger partial charge in [0.1, 0.15) is 0 Å². The average molecular weight is 468 g/mol. The summed E-state index contributed by atoms with van der Waals surface area (Å²) in [7, 11) is -3.64. The van der Waals surface area contributed by atoms with Crippen LogP contribution < -0.4 is 10.2 Å². The van der Waals surface area contributed by atoms with Gasteiger partial charge in [-0.15, -0.1) is 0 Å². The van der Waals surface area contributed by atoms with Crippen LogP contribution in [0.4, 0.5) is 11.4 Å². The average Bonchev–Trinajstić information content (AvgIpc) is 3.54. The van der Waals surface area contributed by atoms with Gasteiger partial charge >= 0.3 is 0 Å². The smallest absolute Gasteiger partial charge is 0.255 e. The van der Waals surface area contributed by atoms with Crippen LogP contribution in [0.1, 0.15) is 37.0 Å². The van der Waals surface area contributed by atoms with Gasteiger partial charge in [0.25, 0.3) is 5.91 Å². The van der Waals surface area contributed by atoms with Crippen molar-refractivity contribution in [1.82, 2.24) is 14.1 Å². The Kier molecular flexibility index (Phi) is 6.80. The van der Waals surface area contributed by atoms with Crippen LogP contribution in [0.3, 0.4) is 0 Å². The molecule has 0 unspecified atom stereocenters. The van der Waals surface area contributed by atoms with Gasteiger partial charge < -0.3 is 10.2 Å². The molecule has 0 bridgehead atoms. The van der Waals surface area contributed by atoms with Crippen molar-refractivity contribution in [3.05, 3.63) is 66.5 Å². The summed E-state index contributed by atoms with van der Waals surface area (Å²) in [4.78, 5) is 15.4. The molecule has 1 fully saturated rings. The Morgan fingerprint density at radius 2 is 1.76 bits per heavy atom. The highest BCUT2D eigenvalue weighted by Gasteiger charge is 2.25.